The van der Waals surface area contributed by atoms with Crippen LogP contribution >= 0.6 is 11.8 Å². The lowest BCUT2D eigenvalue weighted by molar-refractivity contribution is -0.159. The van der Waals surface area contributed by atoms with Crippen LogP contribution in [0.5, 0.6) is 0 Å². The average molecular weight is 344 g/mol. The van der Waals surface area contributed by atoms with Crippen LogP contribution in [0.3, 0.4) is 0 Å². The van der Waals surface area contributed by atoms with Gasteiger partial charge in [0.1, 0.15) is 0 Å². The van der Waals surface area contributed by atoms with Gasteiger partial charge in [-0.1, -0.05) is 48.2 Å². The molecule has 7 heteroatoms. The molecule has 0 radical (unpaired) electrons. The molecular formula is C17H16N2O4S. The minimum atomic E-state index is -1.82. The number of benzene rings is 2. The maximum Gasteiger partial charge on any atom is 0.414 e. The van der Waals surface area contributed by atoms with Crippen molar-refractivity contribution < 1.29 is 19.8 Å². The molecule has 1 atom stereocenters. The third kappa shape index (κ3) is 3.51. The van der Waals surface area contributed by atoms with Crippen molar-refractivity contribution in [1.82, 2.24) is 4.90 Å². The van der Waals surface area contributed by atoms with Crippen LogP contribution in [0.15, 0.2) is 47.5 Å². The Kier molecular flexibility index (Phi) is 4.71. The summed E-state index contributed by atoms with van der Waals surface area (Å²) in [6.07, 6.45) is 0. The summed E-state index contributed by atoms with van der Waals surface area (Å²) < 4.78 is 0. The van der Waals surface area contributed by atoms with E-state index in [9.17, 15) is 0 Å². The van der Waals surface area contributed by atoms with E-state index in [1.807, 2.05) is 11.8 Å². The molecule has 6 nitrogen and oxygen atoms in total. The predicted molar refractivity (Wildman–Crippen MR) is 93.4 cm³/mol. The molecular weight excluding hydrogens is 328 g/mol. The number of rotatable bonds is 1. The molecule has 4 rings (SSSR count). The summed E-state index contributed by atoms with van der Waals surface area (Å²) in [5, 5.41) is 18.6. The standard InChI is InChI=1S/C15H14N2S.C2H2O4/c1-2-4-12-9-13(6-5-11(12)3-1)14-10-17-7-8-18-15(17)16-14;3-1(4)2(5)6/h1-6,9,14H,7-8,10H2;(H,3,4)(H,5,6). The summed E-state index contributed by atoms with van der Waals surface area (Å²) in [5.41, 5.74) is 1.34. The van der Waals surface area contributed by atoms with Crippen LogP contribution < -0.4 is 0 Å². The Hall–Kier alpha value is -2.54. The van der Waals surface area contributed by atoms with Gasteiger partial charge in [-0.05, 0) is 22.4 Å². The van der Waals surface area contributed by atoms with E-state index in [1.165, 1.54) is 27.3 Å². The summed E-state index contributed by atoms with van der Waals surface area (Å²) in [7, 11) is 0. The van der Waals surface area contributed by atoms with Gasteiger partial charge >= 0.3 is 11.9 Å². The molecule has 0 amide bonds. The Morgan fingerprint density at radius 3 is 2.46 bits per heavy atom. The normalized spacial score (nSPS) is 18.6. The van der Waals surface area contributed by atoms with E-state index in [0.29, 0.717) is 6.04 Å². The van der Waals surface area contributed by atoms with Crippen LogP contribution in [0.25, 0.3) is 10.8 Å². The number of carboxylic acid groups (broad SMARTS) is 2. The zero-order chi connectivity index (χ0) is 17.1. The molecule has 0 aliphatic carbocycles. The monoisotopic (exact) mass is 344 g/mol. The number of hydrogen-bond acceptors (Lipinski definition) is 5. The zero-order valence-electron chi connectivity index (χ0n) is 12.8. The lowest BCUT2D eigenvalue weighted by atomic mass is 10.0. The molecule has 0 aromatic heterocycles. The van der Waals surface area contributed by atoms with Gasteiger partial charge in [-0.15, -0.1) is 0 Å². The number of fused-ring (bicyclic) bond motifs is 2. The number of hydrogen-bond donors (Lipinski definition) is 2. The predicted octanol–water partition coefficient (Wildman–Crippen LogP) is 2.45. The third-order valence-corrected chi connectivity index (χ3v) is 4.87. The van der Waals surface area contributed by atoms with Crippen molar-refractivity contribution in [2.24, 2.45) is 4.99 Å². The minimum Gasteiger partial charge on any atom is -0.473 e. The SMILES string of the molecule is O=C(O)C(=O)O.c1ccc2cc(C3CN4CCSC4=N3)ccc2c1. The fourth-order valence-corrected chi connectivity index (χ4v) is 3.74. The van der Waals surface area contributed by atoms with Gasteiger partial charge in [0.25, 0.3) is 0 Å². The number of aliphatic carboxylic acids is 2. The number of carbonyl (C=O) groups is 2. The largest absolute Gasteiger partial charge is 0.473 e. The van der Waals surface area contributed by atoms with E-state index in [0.717, 1.165) is 13.1 Å². The van der Waals surface area contributed by atoms with Crippen molar-refractivity contribution in [2.75, 3.05) is 18.8 Å². The number of amidine groups is 1. The first kappa shape index (κ1) is 16.3. The van der Waals surface area contributed by atoms with Crippen molar-refractivity contribution in [3.05, 3.63) is 48.0 Å². The molecule has 1 unspecified atom stereocenters. The highest BCUT2D eigenvalue weighted by atomic mass is 32.2. The van der Waals surface area contributed by atoms with Crippen LogP contribution in [-0.4, -0.2) is 51.1 Å². The molecule has 0 bridgehead atoms. The Labute approximate surface area is 142 Å². The van der Waals surface area contributed by atoms with Gasteiger partial charge in [0.15, 0.2) is 5.17 Å². The molecule has 2 aromatic carbocycles. The summed E-state index contributed by atoms with van der Waals surface area (Å²) in [5.74, 6) is -2.45. The number of thioether (sulfide) groups is 1. The highest BCUT2D eigenvalue weighted by Crippen LogP contribution is 2.33. The molecule has 24 heavy (non-hydrogen) atoms. The van der Waals surface area contributed by atoms with Crippen LogP contribution in [-0.2, 0) is 9.59 Å². The summed E-state index contributed by atoms with van der Waals surface area (Å²) in [6.45, 7) is 2.22. The van der Waals surface area contributed by atoms with Crippen LogP contribution in [0.4, 0.5) is 0 Å². The highest BCUT2D eigenvalue weighted by molar-refractivity contribution is 8.14. The van der Waals surface area contributed by atoms with E-state index < -0.39 is 11.9 Å². The van der Waals surface area contributed by atoms with Gasteiger partial charge in [-0.25, -0.2) is 9.59 Å². The fraction of sp³-hybridized carbons (Fsp3) is 0.235. The molecule has 2 heterocycles. The quantitative estimate of drug-likeness (QED) is 0.772. The first-order valence-electron chi connectivity index (χ1n) is 7.45. The molecule has 2 aliphatic heterocycles. The van der Waals surface area contributed by atoms with E-state index in [4.69, 9.17) is 24.8 Å². The topological polar surface area (TPSA) is 90.2 Å². The smallest absolute Gasteiger partial charge is 0.414 e. The van der Waals surface area contributed by atoms with E-state index in [-0.39, 0.29) is 0 Å². The average Bonchev–Trinajstić information content (AvgIpc) is 3.16. The maximum atomic E-state index is 9.10. The van der Waals surface area contributed by atoms with Crippen LogP contribution in [0.1, 0.15) is 11.6 Å². The molecule has 124 valence electrons. The summed E-state index contributed by atoms with van der Waals surface area (Å²) in [4.78, 5) is 25.4. The van der Waals surface area contributed by atoms with Gasteiger partial charge in [0.2, 0.25) is 0 Å². The van der Waals surface area contributed by atoms with Crippen molar-refractivity contribution >= 4 is 39.6 Å². The van der Waals surface area contributed by atoms with Crippen molar-refractivity contribution in [1.29, 1.82) is 0 Å². The summed E-state index contributed by atoms with van der Waals surface area (Å²) in [6, 6.07) is 15.6. The van der Waals surface area contributed by atoms with Crippen molar-refractivity contribution in [2.45, 2.75) is 6.04 Å². The second-order valence-corrected chi connectivity index (χ2v) is 6.50. The molecule has 1 saturated heterocycles. The molecule has 2 N–H and O–H groups in total. The van der Waals surface area contributed by atoms with Gasteiger partial charge in [-0.2, -0.15) is 0 Å². The molecule has 2 aromatic rings. The van der Waals surface area contributed by atoms with Gasteiger partial charge < -0.3 is 15.1 Å². The number of nitrogens with zero attached hydrogens (tertiary/aromatic N) is 2. The molecule has 0 spiro atoms. The maximum absolute atomic E-state index is 9.10. The first-order chi connectivity index (χ1) is 11.5. The molecule has 0 saturated carbocycles. The van der Waals surface area contributed by atoms with Crippen LogP contribution in [0.2, 0.25) is 0 Å². The number of aliphatic imine (C=N–C) groups is 1. The Morgan fingerprint density at radius 1 is 1.08 bits per heavy atom. The van der Waals surface area contributed by atoms with Crippen molar-refractivity contribution in [3.63, 3.8) is 0 Å². The summed E-state index contributed by atoms with van der Waals surface area (Å²) >= 11 is 1.89. The lowest BCUT2D eigenvalue weighted by Crippen LogP contribution is -2.21. The van der Waals surface area contributed by atoms with Gasteiger partial charge in [0.05, 0.1) is 6.04 Å². The Balaban J connectivity index is 0.000000246. The second kappa shape index (κ2) is 6.92. The van der Waals surface area contributed by atoms with Gasteiger partial charge in [-0.3, -0.25) is 4.99 Å². The first-order valence-corrected chi connectivity index (χ1v) is 8.43. The third-order valence-electron chi connectivity index (χ3n) is 3.86. The molecule has 2 aliphatic rings. The molecule has 1 fully saturated rings. The highest BCUT2D eigenvalue weighted by Gasteiger charge is 2.30. The Morgan fingerprint density at radius 2 is 1.79 bits per heavy atom. The van der Waals surface area contributed by atoms with E-state index >= 15 is 0 Å². The fourth-order valence-electron chi connectivity index (χ4n) is 2.70. The lowest BCUT2D eigenvalue weighted by Gasteiger charge is -2.13. The minimum absolute atomic E-state index is 0.331. The van der Waals surface area contributed by atoms with E-state index in [1.54, 1.807) is 0 Å². The van der Waals surface area contributed by atoms with Crippen LogP contribution in [0, 0.1) is 0 Å². The van der Waals surface area contributed by atoms with Gasteiger partial charge in [0, 0.05) is 18.8 Å². The number of carboxylic acids is 2. The zero-order valence-corrected chi connectivity index (χ0v) is 13.6. The Bertz CT molecular complexity index is 809. The van der Waals surface area contributed by atoms with E-state index in [2.05, 4.69) is 47.4 Å². The van der Waals surface area contributed by atoms with Crippen molar-refractivity contribution in [3.8, 4) is 0 Å². The second-order valence-electron chi connectivity index (χ2n) is 5.44.